The van der Waals surface area contributed by atoms with Crippen molar-refractivity contribution >= 4 is 11.7 Å². The number of carbonyl (C=O) groups is 2. The zero-order valence-electron chi connectivity index (χ0n) is 15.7. The molecular weight excluding hydrogens is 354 g/mol. The van der Waals surface area contributed by atoms with E-state index < -0.39 is 0 Å². The van der Waals surface area contributed by atoms with E-state index in [1.165, 1.54) is 5.56 Å². The Bertz CT molecular complexity index is 1010. The molecule has 0 saturated heterocycles. The molecule has 1 amide bonds. The Morgan fingerprint density at radius 2 is 1.64 bits per heavy atom. The molecule has 5 rings (SSSR count). The summed E-state index contributed by atoms with van der Waals surface area (Å²) in [6, 6.07) is 14.0. The van der Waals surface area contributed by atoms with Crippen molar-refractivity contribution in [1.29, 1.82) is 0 Å². The molecule has 0 unspecified atom stereocenters. The third kappa shape index (κ3) is 2.87. The number of nitrogens with one attached hydrogen (secondary N) is 1. The van der Waals surface area contributed by atoms with Crippen LogP contribution in [0, 0.1) is 6.92 Å². The molecule has 0 bridgehead atoms. The maximum Gasteiger partial charge on any atom is 0.231 e. The highest BCUT2D eigenvalue weighted by molar-refractivity contribution is 6.02. The molecular formula is C23H21NO4. The van der Waals surface area contributed by atoms with Crippen molar-refractivity contribution in [2.75, 3.05) is 6.79 Å². The van der Waals surface area contributed by atoms with E-state index in [9.17, 15) is 9.59 Å². The van der Waals surface area contributed by atoms with Crippen LogP contribution in [0.15, 0.2) is 53.7 Å². The second kappa shape index (κ2) is 6.51. The van der Waals surface area contributed by atoms with E-state index in [-0.39, 0.29) is 36.7 Å². The Balaban J connectivity index is 1.51. The molecule has 0 spiro atoms. The smallest absolute Gasteiger partial charge is 0.231 e. The summed E-state index contributed by atoms with van der Waals surface area (Å²) in [5.74, 6) is 1.32. The van der Waals surface area contributed by atoms with Gasteiger partial charge in [-0.3, -0.25) is 9.59 Å². The molecule has 2 aromatic carbocycles. The van der Waals surface area contributed by atoms with Crippen LogP contribution >= 0.6 is 0 Å². The van der Waals surface area contributed by atoms with Gasteiger partial charge in [0.15, 0.2) is 17.3 Å². The minimum Gasteiger partial charge on any atom is -0.454 e. The molecule has 2 aromatic rings. The van der Waals surface area contributed by atoms with Crippen molar-refractivity contribution in [3.05, 3.63) is 70.4 Å². The predicted molar refractivity (Wildman–Crippen MR) is 103 cm³/mol. The number of ketones is 1. The molecule has 3 aliphatic rings. The van der Waals surface area contributed by atoms with Gasteiger partial charge in [-0.25, -0.2) is 0 Å². The summed E-state index contributed by atoms with van der Waals surface area (Å²) < 4.78 is 10.9. The zero-order valence-corrected chi connectivity index (χ0v) is 15.7. The van der Waals surface area contributed by atoms with Crippen LogP contribution in [0.1, 0.15) is 47.8 Å². The first-order valence-corrected chi connectivity index (χ1v) is 9.60. The van der Waals surface area contributed by atoms with Crippen LogP contribution in [0.3, 0.4) is 0 Å². The molecule has 28 heavy (non-hydrogen) atoms. The average Bonchev–Trinajstić information content (AvgIpc) is 3.15. The van der Waals surface area contributed by atoms with E-state index in [1.54, 1.807) is 0 Å². The first kappa shape index (κ1) is 17.0. The van der Waals surface area contributed by atoms with E-state index in [0.717, 1.165) is 22.4 Å². The number of fused-ring (bicyclic) bond motifs is 1. The lowest BCUT2D eigenvalue weighted by Gasteiger charge is -2.34. The second-order valence-electron chi connectivity index (χ2n) is 7.75. The molecule has 1 aliphatic carbocycles. The number of Topliss-reactive ketones (excluding diaryl/α,β-unsaturated/α-hetero) is 1. The molecule has 2 atom stereocenters. The van der Waals surface area contributed by atoms with Crippen molar-refractivity contribution in [3.8, 4) is 11.5 Å². The van der Waals surface area contributed by atoms with Gasteiger partial charge in [0.2, 0.25) is 12.7 Å². The second-order valence-corrected chi connectivity index (χ2v) is 7.75. The maximum atomic E-state index is 13.1. The van der Waals surface area contributed by atoms with E-state index in [4.69, 9.17) is 9.47 Å². The number of allylic oxidation sites excluding steroid dienone is 2. The van der Waals surface area contributed by atoms with Gasteiger partial charge >= 0.3 is 0 Å². The number of hydrogen-bond donors (Lipinski definition) is 1. The summed E-state index contributed by atoms with van der Waals surface area (Å²) in [5.41, 5.74) is 4.79. The largest absolute Gasteiger partial charge is 0.454 e. The molecule has 2 heterocycles. The Hall–Kier alpha value is -3.08. The van der Waals surface area contributed by atoms with E-state index in [2.05, 4.69) is 29.6 Å². The van der Waals surface area contributed by atoms with Gasteiger partial charge in [0.1, 0.15) is 0 Å². The van der Waals surface area contributed by atoms with E-state index >= 15 is 0 Å². The van der Waals surface area contributed by atoms with Crippen molar-refractivity contribution in [3.63, 3.8) is 0 Å². The lowest BCUT2D eigenvalue weighted by molar-refractivity contribution is -0.122. The highest BCUT2D eigenvalue weighted by Gasteiger charge is 2.38. The minimum atomic E-state index is -0.232. The molecule has 0 saturated carbocycles. The highest BCUT2D eigenvalue weighted by Crippen LogP contribution is 2.44. The van der Waals surface area contributed by atoms with Crippen LogP contribution in [0.2, 0.25) is 0 Å². The topological polar surface area (TPSA) is 64.6 Å². The molecule has 142 valence electrons. The Labute approximate surface area is 163 Å². The lowest BCUT2D eigenvalue weighted by atomic mass is 9.73. The van der Waals surface area contributed by atoms with Gasteiger partial charge in [0.25, 0.3) is 0 Å². The van der Waals surface area contributed by atoms with Crippen molar-refractivity contribution in [2.45, 2.75) is 38.0 Å². The first-order chi connectivity index (χ1) is 13.6. The average molecular weight is 375 g/mol. The number of carbonyl (C=O) groups excluding carboxylic acids is 2. The Morgan fingerprint density at radius 3 is 2.46 bits per heavy atom. The molecule has 0 fully saturated rings. The first-order valence-electron chi connectivity index (χ1n) is 9.60. The van der Waals surface area contributed by atoms with Crippen molar-refractivity contribution in [2.24, 2.45) is 0 Å². The summed E-state index contributed by atoms with van der Waals surface area (Å²) >= 11 is 0. The van der Waals surface area contributed by atoms with Gasteiger partial charge in [-0.2, -0.15) is 0 Å². The van der Waals surface area contributed by atoms with Gasteiger partial charge in [-0.05, 0) is 42.5 Å². The molecule has 2 aliphatic heterocycles. The van der Waals surface area contributed by atoms with Crippen molar-refractivity contribution in [1.82, 2.24) is 5.32 Å². The third-order valence-electron chi connectivity index (χ3n) is 5.88. The molecule has 5 heteroatoms. The van der Waals surface area contributed by atoms with Crippen molar-refractivity contribution < 1.29 is 19.1 Å². The molecule has 0 aromatic heterocycles. The number of hydrogen-bond acceptors (Lipinski definition) is 4. The Kier molecular flexibility index (Phi) is 3.97. The molecule has 0 radical (unpaired) electrons. The number of rotatable bonds is 2. The van der Waals surface area contributed by atoms with E-state index in [1.807, 2.05) is 25.1 Å². The standard InChI is InChI=1S/C23H21NO4/c1-13-2-4-14(5-3-13)16-8-18-23(19(25)9-16)17(11-22(26)24-18)15-6-7-20-21(10-15)28-12-27-20/h2-7,10,16-17H,8-9,11-12H2,1H3,(H,24,26)/t16-,17-/m0/s1. The fourth-order valence-electron chi connectivity index (χ4n) is 4.45. The SMILES string of the molecule is Cc1ccc([C@@H]2CC(=O)C3=C(C2)NC(=O)C[C@H]3c2ccc3c(c2)OCO3)cc1. The zero-order chi connectivity index (χ0) is 19.3. The van der Waals surface area contributed by atoms with Gasteiger partial charge in [-0.15, -0.1) is 0 Å². The van der Waals surface area contributed by atoms with Crippen LogP contribution in [-0.4, -0.2) is 18.5 Å². The van der Waals surface area contributed by atoms with Crippen LogP contribution in [0.4, 0.5) is 0 Å². The Morgan fingerprint density at radius 1 is 0.893 bits per heavy atom. The van der Waals surface area contributed by atoms with Crippen LogP contribution in [-0.2, 0) is 9.59 Å². The third-order valence-corrected chi connectivity index (χ3v) is 5.88. The normalized spacial score (nSPS) is 23.5. The van der Waals surface area contributed by atoms with Crippen LogP contribution < -0.4 is 14.8 Å². The fourth-order valence-corrected chi connectivity index (χ4v) is 4.45. The van der Waals surface area contributed by atoms with Gasteiger partial charge in [-0.1, -0.05) is 35.9 Å². The van der Waals surface area contributed by atoms with Gasteiger partial charge in [0.05, 0.1) is 0 Å². The fraction of sp³-hybridized carbons (Fsp3) is 0.304. The van der Waals surface area contributed by atoms with Crippen LogP contribution in [0.25, 0.3) is 0 Å². The summed E-state index contributed by atoms with van der Waals surface area (Å²) in [6.07, 6.45) is 1.43. The number of benzene rings is 2. The molecule has 1 N–H and O–H groups in total. The summed E-state index contributed by atoms with van der Waals surface area (Å²) in [5, 5.41) is 2.98. The maximum absolute atomic E-state index is 13.1. The van der Waals surface area contributed by atoms with Gasteiger partial charge < -0.3 is 14.8 Å². The predicted octanol–water partition coefficient (Wildman–Crippen LogP) is 3.73. The van der Waals surface area contributed by atoms with E-state index in [0.29, 0.717) is 24.3 Å². The lowest BCUT2D eigenvalue weighted by Crippen LogP contribution is -2.38. The monoisotopic (exact) mass is 375 g/mol. The highest BCUT2D eigenvalue weighted by atomic mass is 16.7. The number of ether oxygens (including phenoxy) is 2. The quantitative estimate of drug-likeness (QED) is 0.869. The number of aryl methyl sites for hydroxylation is 1. The molecule has 5 nitrogen and oxygen atoms in total. The number of amides is 1. The minimum absolute atomic E-state index is 0.0428. The summed E-state index contributed by atoms with van der Waals surface area (Å²) in [7, 11) is 0. The van der Waals surface area contributed by atoms with Crippen LogP contribution in [0.5, 0.6) is 11.5 Å². The summed E-state index contributed by atoms with van der Waals surface area (Å²) in [6.45, 7) is 2.25. The summed E-state index contributed by atoms with van der Waals surface area (Å²) in [4.78, 5) is 25.6. The van der Waals surface area contributed by atoms with Gasteiger partial charge in [0, 0.05) is 30.0 Å².